The van der Waals surface area contributed by atoms with Gasteiger partial charge >= 0.3 is 7.82 Å². The molecular formula is C6H13KO9P. The Hall–Kier alpha value is 1.55. The minimum Gasteiger partial charge on any atom is -0.394 e. The summed E-state index contributed by atoms with van der Waals surface area (Å²) in [6, 6.07) is 0. The normalized spacial score (nSPS) is 38.6. The molecule has 1 rings (SSSR count). The second-order valence-electron chi connectivity index (χ2n) is 3.29. The third-order valence-corrected chi connectivity index (χ3v) is 2.57. The Labute approximate surface area is 139 Å². The van der Waals surface area contributed by atoms with Crippen LogP contribution in [0.25, 0.3) is 0 Å². The Bertz CT molecular complexity index is 281. The molecule has 9 nitrogen and oxygen atoms in total. The van der Waals surface area contributed by atoms with E-state index in [4.69, 9.17) is 14.9 Å². The average molecular weight is 299 g/mol. The fourth-order valence-electron chi connectivity index (χ4n) is 1.29. The Kier molecular flexibility index (Phi) is 8.03. The fourth-order valence-corrected chi connectivity index (χ4v) is 1.73. The predicted octanol–water partition coefficient (Wildman–Crippen LogP) is -3.49. The summed E-state index contributed by atoms with van der Waals surface area (Å²) in [4.78, 5) is 17.0. The van der Waals surface area contributed by atoms with E-state index in [0.29, 0.717) is 0 Å². The second-order valence-corrected chi connectivity index (χ2v) is 4.49. The van der Waals surface area contributed by atoms with E-state index in [1.165, 1.54) is 0 Å². The summed E-state index contributed by atoms with van der Waals surface area (Å²) in [6.45, 7) is -0.702. The van der Waals surface area contributed by atoms with Crippen LogP contribution in [-0.2, 0) is 13.8 Å². The number of ether oxygens (including phenoxy) is 1. The van der Waals surface area contributed by atoms with Crippen molar-refractivity contribution < 1.29 is 44.0 Å². The summed E-state index contributed by atoms with van der Waals surface area (Å²) in [5.41, 5.74) is 0. The van der Waals surface area contributed by atoms with E-state index in [1.54, 1.807) is 0 Å². The van der Waals surface area contributed by atoms with E-state index in [0.717, 1.165) is 0 Å². The van der Waals surface area contributed by atoms with Gasteiger partial charge in [0, 0.05) is 51.4 Å². The van der Waals surface area contributed by atoms with Gasteiger partial charge < -0.3 is 34.9 Å². The zero-order valence-electron chi connectivity index (χ0n) is 8.95. The minimum atomic E-state index is -4.91. The van der Waals surface area contributed by atoms with Gasteiger partial charge in [-0.1, -0.05) is 0 Å². The summed E-state index contributed by atoms with van der Waals surface area (Å²) in [5, 5.41) is 36.6. The van der Waals surface area contributed by atoms with E-state index in [2.05, 4.69) is 9.26 Å². The molecule has 97 valence electrons. The van der Waals surface area contributed by atoms with Crippen molar-refractivity contribution in [3.05, 3.63) is 0 Å². The molecule has 17 heavy (non-hydrogen) atoms. The van der Waals surface area contributed by atoms with Gasteiger partial charge in [0.2, 0.25) is 0 Å². The van der Waals surface area contributed by atoms with Crippen molar-refractivity contribution >= 4 is 59.2 Å². The summed E-state index contributed by atoms with van der Waals surface area (Å²) >= 11 is 0. The maximum Gasteiger partial charge on any atom is 0.472 e. The number of rotatable bonds is 3. The van der Waals surface area contributed by atoms with Gasteiger partial charge in [-0.05, 0) is 0 Å². The number of hydrogen-bond acceptors (Lipinski definition) is 7. The molecule has 0 aromatic carbocycles. The van der Waals surface area contributed by atoms with Crippen LogP contribution in [-0.4, -0.2) is 119 Å². The predicted molar refractivity (Wildman–Crippen MR) is 52.7 cm³/mol. The largest absolute Gasteiger partial charge is 0.472 e. The Morgan fingerprint density at radius 3 is 2.06 bits per heavy atom. The Morgan fingerprint density at radius 2 is 1.65 bits per heavy atom. The zero-order chi connectivity index (χ0) is 12.5. The summed E-state index contributed by atoms with van der Waals surface area (Å²) in [7, 11) is -4.91. The van der Waals surface area contributed by atoms with Crippen LogP contribution in [0.15, 0.2) is 0 Å². The topological polar surface area (TPSA) is 157 Å². The molecule has 1 fully saturated rings. The molecule has 1 saturated heterocycles. The molecule has 0 aromatic rings. The van der Waals surface area contributed by atoms with Crippen molar-refractivity contribution in [3.8, 4) is 0 Å². The SMILES string of the molecule is O=P(O)(O)OC1OC(CO)C(O)C(O)C1O.[K]. The van der Waals surface area contributed by atoms with Crippen LogP contribution in [0.3, 0.4) is 0 Å². The summed E-state index contributed by atoms with van der Waals surface area (Å²) < 4.78 is 19.2. The van der Waals surface area contributed by atoms with Gasteiger partial charge in [-0.15, -0.1) is 0 Å². The van der Waals surface area contributed by atoms with Crippen LogP contribution in [0.2, 0.25) is 0 Å². The van der Waals surface area contributed by atoms with Crippen LogP contribution in [0.5, 0.6) is 0 Å². The van der Waals surface area contributed by atoms with Gasteiger partial charge in [0.05, 0.1) is 6.61 Å². The number of phosphoric acid groups is 1. The van der Waals surface area contributed by atoms with Gasteiger partial charge in [-0.3, -0.25) is 4.52 Å². The van der Waals surface area contributed by atoms with Crippen molar-refractivity contribution in [2.45, 2.75) is 30.7 Å². The molecule has 0 aliphatic carbocycles. The van der Waals surface area contributed by atoms with E-state index >= 15 is 0 Å². The van der Waals surface area contributed by atoms with Crippen LogP contribution >= 0.6 is 7.82 Å². The molecule has 0 aromatic heterocycles. The van der Waals surface area contributed by atoms with Crippen LogP contribution in [0.1, 0.15) is 0 Å². The average Bonchev–Trinajstić information content (AvgIpc) is 2.17. The molecule has 5 unspecified atom stereocenters. The molecule has 1 radical (unpaired) electrons. The van der Waals surface area contributed by atoms with E-state index in [1.807, 2.05) is 0 Å². The first-order chi connectivity index (χ1) is 7.26. The maximum absolute atomic E-state index is 10.5. The second kappa shape index (κ2) is 7.36. The van der Waals surface area contributed by atoms with Gasteiger partial charge in [-0.2, -0.15) is 0 Å². The standard InChI is InChI=1S/C6H13O9P.K/c7-1-2-3(8)4(9)5(10)6(14-2)15-16(11,12)13;/h2-10H,1H2,(H2,11,12,13);. The van der Waals surface area contributed by atoms with Gasteiger partial charge in [-0.25, -0.2) is 4.57 Å². The van der Waals surface area contributed by atoms with Crippen molar-refractivity contribution in [2.24, 2.45) is 0 Å². The molecule has 1 heterocycles. The van der Waals surface area contributed by atoms with Crippen LogP contribution in [0.4, 0.5) is 0 Å². The number of hydrogen-bond donors (Lipinski definition) is 6. The van der Waals surface area contributed by atoms with Gasteiger partial charge in [0.15, 0.2) is 6.29 Å². The minimum absolute atomic E-state index is 0. The number of phosphoric ester groups is 1. The quantitative estimate of drug-likeness (QED) is 0.230. The van der Waals surface area contributed by atoms with Crippen molar-refractivity contribution in [1.82, 2.24) is 0 Å². The van der Waals surface area contributed by atoms with Crippen molar-refractivity contribution in [3.63, 3.8) is 0 Å². The molecule has 0 saturated carbocycles. The summed E-state index contributed by atoms with van der Waals surface area (Å²) in [5.74, 6) is 0. The smallest absolute Gasteiger partial charge is 0.394 e. The van der Waals surface area contributed by atoms with E-state index in [-0.39, 0.29) is 51.4 Å². The van der Waals surface area contributed by atoms with Crippen LogP contribution in [0, 0.1) is 0 Å². The maximum atomic E-state index is 10.5. The molecule has 0 amide bonds. The first kappa shape index (κ1) is 18.5. The molecule has 11 heteroatoms. The van der Waals surface area contributed by atoms with E-state index < -0.39 is 45.1 Å². The Balaban J connectivity index is 0.00000256. The Morgan fingerprint density at radius 1 is 1.12 bits per heavy atom. The molecule has 5 atom stereocenters. The van der Waals surface area contributed by atoms with Gasteiger partial charge in [0.25, 0.3) is 0 Å². The summed E-state index contributed by atoms with van der Waals surface area (Å²) in [6.07, 6.45) is -8.25. The van der Waals surface area contributed by atoms with Crippen molar-refractivity contribution in [1.29, 1.82) is 0 Å². The third kappa shape index (κ3) is 5.20. The monoisotopic (exact) mass is 299 g/mol. The number of aliphatic hydroxyl groups excluding tert-OH is 4. The zero-order valence-corrected chi connectivity index (χ0v) is 13.0. The molecular weight excluding hydrogens is 286 g/mol. The van der Waals surface area contributed by atoms with Crippen LogP contribution < -0.4 is 0 Å². The first-order valence-electron chi connectivity index (χ1n) is 4.30. The van der Waals surface area contributed by atoms with Crippen molar-refractivity contribution in [2.75, 3.05) is 6.61 Å². The molecule has 1 aliphatic rings. The third-order valence-electron chi connectivity index (χ3n) is 2.09. The first-order valence-corrected chi connectivity index (χ1v) is 5.83. The fraction of sp³-hybridized carbons (Fsp3) is 1.00. The molecule has 1 aliphatic heterocycles. The molecule has 0 bridgehead atoms. The molecule has 0 spiro atoms. The number of aliphatic hydroxyl groups is 4. The van der Waals surface area contributed by atoms with E-state index in [9.17, 15) is 19.9 Å². The molecule has 6 N–H and O–H groups in total. The van der Waals surface area contributed by atoms with Gasteiger partial charge in [0.1, 0.15) is 24.4 Å².